The topological polar surface area (TPSA) is 154 Å². The molecule has 3 rings (SSSR count). The maximum Gasteiger partial charge on any atom is 0.416 e. The number of hydrogen-bond donors (Lipinski definition) is 3. The van der Waals surface area contributed by atoms with Crippen molar-refractivity contribution in [3.05, 3.63) is 69.7 Å². The number of carbonyl (C=O) groups is 1. The molecular formula is C20H14F3N5O5. The first-order chi connectivity index (χ1) is 15.6. The minimum atomic E-state index is -4.77. The molecule has 0 aliphatic heterocycles. The smallest absolute Gasteiger partial charge is 0.416 e. The van der Waals surface area contributed by atoms with Crippen LogP contribution in [0, 0.1) is 21.4 Å². The Morgan fingerprint density at radius 3 is 2.67 bits per heavy atom. The van der Waals surface area contributed by atoms with Crippen LogP contribution in [0.25, 0.3) is 16.6 Å². The molecule has 2 aromatic carbocycles. The van der Waals surface area contributed by atoms with Gasteiger partial charge in [-0.05, 0) is 24.3 Å². The van der Waals surface area contributed by atoms with E-state index in [1.54, 1.807) is 30.3 Å². The highest BCUT2D eigenvalue weighted by Crippen LogP contribution is 2.34. The second-order valence-corrected chi connectivity index (χ2v) is 6.54. The van der Waals surface area contributed by atoms with E-state index in [2.05, 4.69) is 15.3 Å². The highest BCUT2D eigenvalue weighted by molar-refractivity contribution is 5.83. The Kier molecular flexibility index (Phi) is 6.48. The van der Waals surface area contributed by atoms with E-state index in [1.165, 1.54) is 0 Å². The fourth-order valence-corrected chi connectivity index (χ4v) is 2.77. The quantitative estimate of drug-likeness (QED) is 0.157. The molecular weight excluding hydrogens is 447 g/mol. The van der Waals surface area contributed by atoms with Gasteiger partial charge in [0.05, 0.1) is 21.5 Å². The number of halogens is 3. The Hall–Kier alpha value is -4.60. The lowest BCUT2D eigenvalue weighted by Gasteiger charge is -2.10. The van der Waals surface area contributed by atoms with Gasteiger partial charge in [-0.15, -0.1) is 0 Å². The molecule has 13 heteroatoms. The van der Waals surface area contributed by atoms with Crippen LogP contribution in [-0.2, 0) is 15.7 Å². The maximum absolute atomic E-state index is 12.8. The number of nitrogens with one attached hydrogen (secondary N) is 2. The van der Waals surface area contributed by atoms with Gasteiger partial charge >= 0.3 is 12.1 Å². The molecule has 1 heterocycles. The summed E-state index contributed by atoms with van der Waals surface area (Å²) in [5.41, 5.74) is -1.51. The molecule has 0 amide bonds. The zero-order valence-corrected chi connectivity index (χ0v) is 16.5. The van der Waals surface area contributed by atoms with E-state index in [4.69, 9.17) is 4.74 Å². The normalized spacial score (nSPS) is 12.1. The van der Waals surface area contributed by atoms with Crippen LogP contribution < -0.4 is 5.32 Å². The van der Waals surface area contributed by atoms with Crippen molar-refractivity contribution in [2.75, 3.05) is 18.5 Å². The number of benzene rings is 2. The summed E-state index contributed by atoms with van der Waals surface area (Å²) in [6, 6.07) is 10.4. The number of anilines is 1. The third-order valence-electron chi connectivity index (χ3n) is 4.34. The van der Waals surface area contributed by atoms with Crippen LogP contribution in [0.5, 0.6) is 0 Å². The highest BCUT2D eigenvalue weighted by atomic mass is 19.4. The standard InChI is InChI=1S/C20H14F3N5O5/c21-20(22,23)11-5-6-15(16(7-11)28(31)32)25-9-18(30)33-10-17(29)12(8-24)19-26-13-3-1-2-4-14(13)27-19/h1-7,25,29H,9-10H2,(H,26,27)/b17-12-. The second-order valence-electron chi connectivity index (χ2n) is 6.54. The summed E-state index contributed by atoms with van der Waals surface area (Å²) in [7, 11) is 0. The van der Waals surface area contributed by atoms with Gasteiger partial charge in [-0.2, -0.15) is 18.4 Å². The first-order valence-electron chi connectivity index (χ1n) is 9.12. The predicted octanol–water partition coefficient (Wildman–Crippen LogP) is 3.94. The van der Waals surface area contributed by atoms with E-state index in [-0.39, 0.29) is 17.1 Å². The number of ether oxygens (including phenoxy) is 1. The monoisotopic (exact) mass is 461 g/mol. The van der Waals surface area contributed by atoms with Gasteiger partial charge in [-0.25, -0.2) is 4.98 Å². The molecule has 170 valence electrons. The summed E-state index contributed by atoms with van der Waals surface area (Å²) in [5.74, 6) is -1.52. The Labute approximate surface area is 183 Å². The van der Waals surface area contributed by atoms with Gasteiger partial charge in [-0.3, -0.25) is 14.9 Å². The van der Waals surface area contributed by atoms with Gasteiger partial charge in [0.25, 0.3) is 5.69 Å². The van der Waals surface area contributed by atoms with E-state index in [1.807, 2.05) is 0 Å². The number of nitro groups is 1. The van der Waals surface area contributed by atoms with Crippen molar-refractivity contribution in [3.8, 4) is 6.07 Å². The molecule has 0 unspecified atom stereocenters. The number of aromatic nitrogens is 2. The lowest BCUT2D eigenvalue weighted by molar-refractivity contribution is -0.384. The number of aromatic amines is 1. The minimum Gasteiger partial charge on any atom is -0.507 e. The van der Waals surface area contributed by atoms with E-state index in [0.717, 1.165) is 6.07 Å². The minimum absolute atomic E-state index is 0.0609. The van der Waals surface area contributed by atoms with Crippen LogP contribution in [0.4, 0.5) is 24.5 Å². The zero-order chi connectivity index (χ0) is 24.2. The first kappa shape index (κ1) is 23.1. The molecule has 0 aliphatic carbocycles. The Morgan fingerprint density at radius 2 is 2.03 bits per heavy atom. The average Bonchev–Trinajstić information content (AvgIpc) is 3.19. The SMILES string of the molecule is N#C/C(=C(/O)COC(=O)CNc1ccc(C(F)(F)F)cc1[N+](=O)[O-])c1nc2ccccc2[nH]1. The number of nitriles is 1. The summed E-state index contributed by atoms with van der Waals surface area (Å²) >= 11 is 0. The van der Waals surface area contributed by atoms with Gasteiger partial charge in [0.1, 0.15) is 30.5 Å². The number of carbonyl (C=O) groups excluding carboxylic acids is 1. The zero-order valence-electron chi connectivity index (χ0n) is 16.5. The number of nitrogens with zero attached hydrogens (tertiary/aromatic N) is 3. The van der Waals surface area contributed by atoms with Crippen LogP contribution in [0.1, 0.15) is 11.4 Å². The summed E-state index contributed by atoms with van der Waals surface area (Å²) in [6.07, 6.45) is -4.77. The van der Waals surface area contributed by atoms with Crippen molar-refractivity contribution in [1.29, 1.82) is 5.26 Å². The number of esters is 1. The summed E-state index contributed by atoms with van der Waals surface area (Å²) in [4.78, 5) is 29.0. The number of hydrogen-bond acceptors (Lipinski definition) is 8. The fraction of sp³-hybridized carbons (Fsp3) is 0.150. The number of allylic oxidation sites excluding steroid dienone is 1. The van der Waals surface area contributed by atoms with E-state index < -0.39 is 47.2 Å². The highest BCUT2D eigenvalue weighted by Gasteiger charge is 2.33. The number of rotatable bonds is 7. The van der Waals surface area contributed by atoms with Crippen molar-refractivity contribution in [1.82, 2.24) is 9.97 Å². The maximum atomic E-state index is 12.8. The first-order valence-corrected chi connectivity index (χ1v) is 9.12. The van der Waals surface area contributed by atoms with Crippen molar-refractivity contribution in [2.24, 2.45) is 0 Å². The molecule has 0 fully saturated rings. The Balaban J connectivity index is 1.66. The van der Waals surface area contributed by atoms with Gasteiger partial charge in [0, 0.05) is 6.07 Å². The van der Waals surface area contributed by atoms with Gasteiger partial charge in [-0.1, -0.05) is 12.1 Å². The molecule has 0 radical (unpaired) electrons. The molecule has 1 aromatic heterocycles. The van der Waals surface area contributed by atoms with Crippen LogP contribution in [0.3, 0.4) is 0 Å². The van der Waals surface area contributed by atoms with Gasteiger partial charge in [0.2, 0.25) is 0 Å². The van der Waals surface area contributed by atoms with Crippen LogP contribution in [0.2, 0.25) is 0 Å². The lowest BCUT2D eigenvalue weighted by Crippen LogP contribution is -2.19. The number of para-hydroxylation sites is 2. The van der Waals surface area contributed by atoms with Crippen molar-refractivity contribution < 1.29 is 32.7 Å². The number of alkyl halides is 3. The Morgan fingerprint density at radius 1 is 1.30 bits per heavy atom. The average molecular weight is 461 g/mol. The summed E-state index contributed by atoms with van der Waals surface area (Å²) < 4.78 is 43.1. The molecule has 0 aliphatic rings. The summed E-state index contributed by atoms with van der Waals surface area (Å²) in [6.45, 7) is -1.35. The molecule has 3 aromatic rings. The van der Waals surface area contributed by atoms with Crippen LogP contribution >= 0.6 is 0 Å². The molecule has 0 spiro atoms. The molecule has 0 atom stereocenters. The van der Waals surface area contributed by atoms with Crippen molar-refractivity contribution >= 4 is 34.0 Å². The number of aliphatic hydroxyl groups is 1. The predicted molar refractivity (Wildman–Crippen MR) is 109 cm³/mol. The molecule has 0 bridgehead atoms. The van der Waals surface area contributed by atoms with E-state index in [9.17, 15) is 38.4 Å². The molecule has 33 heavy (non-hydrogen) atoms. The van der Waals surface area contributed by atoms with E-state index >= 15 is 0 Å². The lowest BCUT2D eigenvalue weighted by atomic mass is 10.1. The van der Waals surface area contributed by atoms with Crippen LogP contribution in [0.15, 0.2) is 48.2 Å². The largest absolute Gasteiger partial charge is 0.507 e. The van der Waals surface area contributed by atoms with Crippen molar-refractivity contribution in [2.45, 2.75) is 6.18 Å². The number of fused-ring (bicyclic) bond motifs is 1. The number of aliphatic hydroxyl groups excluding tert-OH is 1. The third kappa shape index (κ3) is 5.37. The third-order valence-corrected chi connectivity index (χ3v) is 4.34. The van der Waals surface area contributed by atoms with Gasteiger partial charge < -0.3 is 20.1 Å². The molecule has 0 saturated heterocycles. The fourth-order valence-electron chi connectivity index (χ4n) is 2.77. The van der Waals surface area contributed by atoms with Crippen molar-refractivity contribution in [3.63, 3.8) is 0 Å². The van der Waals surface area contributed by atoms with Gasteiger partial charge in [0.15, 0.2) is 11.6 Å². The summed E-state index contributed by atoms with van der Waals surface area (Å²) in [5, 5.41) is 32.9. The molecule has 0 saturated carbocycles. The molecule has 3 N–H and O–H groups in total. The number of nitro benzene ring substituents is 1. The second kappa shape index (κ2) is 9.27. The molecule has 10 nitrogen and oxygen atoms in total. The Bertz CT molecular complexity index is 1260. The number of imidazole rings is 1. The van der Waals surface area contributed by atoms with E-state index in [0.29, 0.717) is 23.2 Å². The number of H-pyrrole nitrogens is 1. The van der Waals surface area contributed by atoms with Crippen LogP contribution in [-0.4, -0.2) is 39.1 Å².